The average Bonchev–Trinajstić information content (AvgIpc) is 2.65. The molecule has 2 aromatic rings. The third-order valence-electron chi connectivity index (χ3n) is 3.45. The summed E-state index contributed by atoms with van der Waals surface area (Å²) in [7, 11) is 2.65. The van der Waals surface area contributed by atoms with Crippen molar-refractivity contribution in [3.63, 3.8) is 0 Å². The van der Waals surface area contributed by atoms with E-state index < -0.39 is 5.97 Å². The number of esters is 1. The number of oxime groups is 1. The zero-order valence-corrected chi connectivity index (χ0v) is 18.5. The Morgan fingerprint density at radius 3 is 2.56 bits per heavy atom. The van der Waals surface area contributed by atoms with Crippen LogP contribution in [0, 0.1) is 0 Å². The van der Waals surface area contributed by atoms with Gasteiger partial charge in [-0.2, -0.15) is 0 Å². The first-order valence-electron chi connectivity index (χ1n) is 7.69. The molecule has 0 aliphatic rings. The summed E-state index contributed by atoms with van der Waals surface area (Å²) in [5.74, 6) is -0.0727. The third kappa shape index (κ3) is 6.09. The largest absolute Gasteiger partial charge is 0.487 e. The summed E-state index contributed by atoms with van der Waals surface area (Å²) < 4.78 is 11.4. The molecular weight excluding hydrogens is 501 g/mol. The van der Waals surface area contributed by atoms with Gasteiger partial charge in [-0.3, -0.25) is 0 Å². The molecule has 8 heteroatoms. The number of benzene rings is 2. The van der Waals surface area contributed by atoms with Crippen LogP contribution in [0.25, 0.3) is 6.08 Å². The Labute approximate surface area is 179 Å². The van der Waals surface area contributed by atoms with Gasteiger partial charge < -0.3 is 14.3 Å². The van der Waals surface area contributed by atoms with Crippen molar-refractivity contribution in [3.8, 4) is 5.75 Å². The van der Waals surface area contributed by atoms with Gasteiger partial charge in [-0.05, 0) is 61.2 Å². The molecule has 27 heavy (non-hydrogen) atoms. The summed E-state index contributed by atoms with van der Waals surface area (Å²) in [5, 5.41) is 4.26. The summed E-state index contributed by atoms with van der Waals surface area (Å²) in [5.41, 5.74) is 2.27. The van der Waals surface area contributed by atoms with Gasteiger partial charge in [0.2, 0.25) is 0 Å². The number of hydrogen-bond donors (Lipinski definition) is 0. The van der Waals surface area contributed by atoms with Crippen molar-refractivity contribution >= 4 is 61.2 Å². The van der Waals surface area contributed by atoms with E-state index in [1.54, 1.807) is 24.3 Å². The first kappa shape index (κ1) is 21.5. The van der Waals surface area contributed by atoms with E-state index in [2.05, 4.69) is 37.0 Å². The van der Waals surface area contributed by atoms with E-state index in [0.717, 1.165) is 14.5 Å². The molecule has 2 rings (SSSR count). The number of carbonyl (C=O) groups excluding carboxylic acids is 1. The van der Waals surface area contributed by atoms with Gasteiger partial charge in [0.05, 0.1) is 15.5 Å². The highest BCUT2D eigenvalue weighted by molar-refractivity contribution is 9.28. The number of hydrogen-bond acceptors (Lipinski definition) is 5. The van der Waals surface area contributed by atoms with Crippen molar-refractivity contribution in [2.24, 2.45) is 5.16 Å². The Balaban J connectivity index is 2.26. The quantitative estimate of drug-likeness (QED) is 0.275. The fraction of sp³-hybridized carbons (Fsp3) is 0.158. The molecule has 0 heterocycles. The Hall–Kier alpha value is -1.83. The maximum absolute atomic E-state index is 12.0. The van der Waals surface area contributed by atoms with Crippen LogP contribution in [0.1, 0.15) is 16.7 Å². The maximum atomic E-state index is 12.0. The van der Waals surface area contributed by atoms with Crippen LogP contribution in [-0.4, -0.2) is 25.9 Å². The second-order valence-electron chi connectivity index (χ2n) is 5.18. The lowest BCUT2D eigenvalue weighted by Gasteiger charge is -2.13. The van der Waals surface area contributed by atoms with E-state index in [9.17, 15) is 4.79 Å². The highest BCUT2D eigenvalue weighted by Gasteiger charge is 2.19. The molecule has 0 atom stereocenters. The molecule has 0 radical (unpaired) electrons. The van der Waals surface area contributed by atoms with Crippen LogP contribution in [-0.2, 0) is 21.0 Å². The zero-order chi connectivity index (χ0) is 19.8. The fourth-order valence-corrected chi connectivity index (χ4v) is 3.04. The molecule has 5 nitrogen and oxygen atoms in total. The number of halogens is 3. The number of methoxy groups -OCH3 is 1. The summed E-state index contributed by atoms with van der Waals surface area (Å²) >= 11 is 12.9. The average molecular weight is 518 g/mol. The predicted molar refractivity (Wildman–Crippen MR) is 114 cm³/mol. The number of carbonyl (C=O) groups is 1. The van der Waals surface area contributed by atoms with Crippen LogP contribution in [0.15, 0.2) is 51.0 Å². The molecule has 0 bridgehead atoms. The molecule has 0 fully saturated rings. The molecule has 0 saturated heterocycles. The van der Waals surface area contributed by atoms with Crippen LogP contribution in [0.3, 0.4) is 0 Å². The smallest absolute Gasteiger partial charge is 0.360 e. The van der Waals surface area contributed by atoms with E-state index in [4.69, 9.17) is 25.9 Å². The minimum atomic E-state index is -0.598. The Morgan fingerprint density at radius 2 is 1.93 bits per heavy atom. The van der Waals surface area contributed by atoms with E-state index in [1.807, 2.05) is 24.3 Å². The van der Waals surface area contributed by atoms with Crippen LogP contribution in [0.2, 0.25) is 5.02 Å². The van der Waals surface area contributed by atoms with Crippen molar-refractivity contribution in [1.82, 2.24) is 0 Å². The second kappa shape index (κ2) is 10.5. The lowest BCUT2D eigenvalue weighted by atomic mass is 10.0. The predicted octanol–water partition coefficient (Wildman–Crippen LogP) is 5.53. The molecule has 0 aliphatic heterocycles. The van der Waals surface area contributed by atoms with Crippen LogP contribution in [0.4, 0.5) is 0 Å². The normalized spacial score (nSPS) is 10.9. The van der Waals surface area contributed by atoms with E-state index in [0.29, 0.717) is 16.3 Å². The van der Waals surface area contributed by atoms with Gasteiger partial charge in [-0.15, -0.1) is 0 Å². The molecule has 0 unspecified atom stereocenters. The summed E-state index contributed by atoms with van der Waals surface area (Å²) in [6.07, 6.45) is 1.87. The molecule has 0 amide bonds. The highest BCUT2D eigenvalue weighted by Crippen LogP contribution is 2.29. The van der Waals surface area contributed by atoms with E-state index >= 15 is 0 Å². The topological polar surface area (TPSA) is 57.1 Å². The molecule has 0 aromatic heterocycles. The highest BCUT2D eigenvalue weighted by atomic mass is 79.9. The lowest BCUT2D eigenvalue weighted by molar-refractivity contribution is -0.132. The van der Waals surface area contributed by atoms with Crippen molar-refractivity contribution in [2.45, 2.75) is 6.61 Å². The number of ether oxygens (including phenoxy) is 2. The first-order valence-corrected chi connectivity index (χ1v) is 9.65. The lowest BCUT2D eigenvalue weighted by Crippen LogP contribution is -2.19. The van der Waals surface area contributed by atoms with Crippen LogP contribution in [0.5, 0.6) is 5.75 Å². The van der Waals surface area contributed by atoms with Gasteiger partial charge in [0.15, 0.2) is 5.71 Å². The van der Waals surface area contributed by atoms with E-state index in [-0.39, 0.29) is 12.3 Å². The molecule has 2 aromatic carbocycles. The van der Waals surface area contributed by atoms with Crippen molar-refractivity contribution < 1.29 is 19.1 Å². The van der Waals surface area contributed by atoms with Gasteiger partial charge in [0.1, 0.15) is 19.5 Å². The number of rotatable bonds is 7. The van der Waals surface area contributed by atoms with E-state index in [1.165, 1.54) is 14.2 Å². The Morgan fingerprint density at radius 1 is 1.19 bits per heavy atom. The van der Waals surface area contributed by atoms with Gasteiger partial charge in [-0.25, -0.2) is 4.79 Å². The molecule has 0 saturated carbocycles. The number of nitrogens with zero attached hydrogens (tertiary/aromatic N) is 1. The summed E-state index contributed by atoms with van der Waals surface area (Å²) in [4.78, 5) is 16.8. The minimum absolute atomic E-state index is 0.0629. The Kier molecular flexibility index (Phi) is 8.34. The van der Waals surface area contributed by atoms with Crippen molar-refractivity contribution in [1.29, 1.82) is 0 Å². The third-order valence-corrected chi connectivity index (χ3v) is 4.20. The van der Waals surface area contributed by atoms with Gasteiger partial charge in [0, 0.05) is 5.56 Å². The molecule has 0 spiro atoms. The SMILES string of the molecule is CO/N=C(/C(=O)OC)c1ccccc1COc1ccc(C=C(Br)Br)cc1Cl. The molecule has 0 aliphatic carbocycles. The van der Waals surface area contributed by atoms with Crippen molar-refractivity contribution in [2.75, 3.05) is 14.2 Å². The standard InChI is InChI=1S/C19H16Br2ClNO4/c1-25-19(24)18(23-26-2)14-6-4-3-5-13(14)11-27-16-8-7-12(9-15(16)22)10-17(20)21/h3-10H,11H2,1-2H3/b23-18+. The summed E-state index contributed by atoms with van der Waals surface area (Å²) in [6, 6.07) is 12.7. The van der Waals surface area contributed by atoms with Gasteiger partial charge in [0.25, 0.3) is 0 Å². The van der Waals surface area contributed by atoms with Crippen molar-refractivity contribution in [3.05, 3.63) is 67.6 Å². The zero-order valence-electron chi connectivity index (χ0n) is 14.5. The Bertz CT molecular complexity index is 880. The first-order chi connectivity index (χ1) is 13.0. The molecule has 142 valence electrons. The fourth-order valence-electron chi connectivity index (χ4n) is 2.27. The molecular formula is C19H16Br2ClNO4. The monoisotopic (exact) mass is 515 g/mol. The van der Waals surface area contributed by atoms with Crippen LogP contribution >= 0.6 is 43.5 Å². The molecule has 0 N–H and O–H groups in total. The van der Waals surface area contributed by atoms with Crippen LogP contribution < -0.4 is 4.74 Å². The van der Waals surface area contributed by atoms with Gasteiger partial charge in [-0.1, -0.05) is 47.1 Å². The van der Waals surface area contributed by atoms with Gasteiger partial charge >= 0.3 is 5.97 Å². The maximum Gasteiger partial charge on any atom is 0.360 e. The second-order valence-corrected chi connectivity index (χ2v) is 8.36. The minimum Gasteiger partial charge on any atom is -0.487 e. The summed E-state index contributed by atoms with van der Waals surface area (Å²) in [6.45, 7) is 0.187.